The Labute approximate surface area is 116 Å². The quantitative estimate of drug-likeness (QED) is 0.939. The summed E-state index contributed by atoms with van der Waals surface area (Å²) in [4.78, 5) is 4.53. The average molecular weight is 285 g/mol. The summed E-state index contributed by atoms with van der Waals surface area (Å²) in [7, 11) is 3.86. The fraction of sp³-hybridized carbons (Fsp3) is 0.500. The molecule has 0 aliphatic carbocycles. The summed E-state index contributed by atoms with van der Waals surface area (Å²) in [5.41, 5.74) is 2.98. The predicted octanol–water partition coefficient (Wildman–Crippen LogP) is 2.65. The molecule has 2 aromatic rings. The normalized spacial score (nSPS) is 12.9. The van der Waals surface area contributed by atoms with E-state index in [2.05, 4.69) is 20.8 Å². The second-order valence-electron chi connectivity index (χ2n) is 4.31. The zero-order valence-corrected chi connectivity index (χ0v) is 12.6. The number of likely N-dealkylation sites (N-methyl/N-ethyl adjacent to an activating group) is 1. The van der Waals surface area contributed by atoms with Crippen LogP contribution >= 0.6 is 22.9 Å². The minimum Gasteiger partial charge on any atom is -0.311 e. The molecule has 2 heterocycles. The van der Waals surface area contributed by atoms with Crippen molar-refractivity contribution in [3.05, 3.63) is 32.5 Å². The van der Waals surface area contributed by atoms with Crippen molar-refractivity contribution >= 4 is 22.9 Å². The van der Waals surface area contributed by atoms with Gasteiger partial charge in [0, 0.05) is 18.8 Å². The topological polar surface area (TPSA) is 42.7 Å². The van der Waals surface area contributed by atoms with Crippen molar-refractivity contribution in [2.24, 2.45) is 7.05 Å². The third-order valence-electron chi connectivity index (χ3n) is 3.00. The Morgan fingerprint density at radius 1 is 1.50 bits per heavy atom. The summed E-state index contributed by atoms with van der Waals surface area (Å²) in [6.45, 7) is 3.94. The molecule has 1 N–H and O–H groups in total. The lowest BCUT2D eigenvalue weighted by Gasteiger charge is -2.14. The number of aryl methyl sites for hydroxylation is 3. The monoisotopic (exact) mass is 284 g/mol. The fourth-order valence-electron chi connectivity index (χ4n) is 1.99. The molecule has 0 radical (unpaired) electrons. The molecule has 1 atom stereocenters. The van der Waals surface area contributed by atoms with Crippen molar-refractivity contribution in [2.45, 2.75) is 26.3 Å². The molecule has 0 aliphatic heterocycles. The smallest absolute Gasteiger partial charge is 0.0898 e. The number of nitrogens with zero attached hydrogens (tertiary/aromatic N) is 3. The second kappa shape index (κ2) is 5.38. The largest absolute Gasteiger partial charge is 0.311 e. The molecule has 98 valence electrons. The number of nitrogens with one attached hydrogen (secondary N) is 1. The summed E-state index contributed by atoms with van der Waals surface area (Å²) >= 11 is 7.94. The van der Waals surface area contributed by atoms with E-state index in [4.69, 9.17) is 11.6 Å². The molecule has 0 bridgehead atoms. The Hall–Kier alpha value is -0.910. The van der Waals surface area contributed by atoms with Gasteiger partial charge < -0.3 is 5.32 Å². The van der Waals surface area contributed by atoms with Crippen LogP contribution in [0, 0.1) is 13.8 Å². The van der Waals surface area contributed by atoms with Gasteiger partial charge in [-0.05, 0) is 20.9 Å². The van der Waals surface area contributed by atoms with Crippen LogP contribution in [0.15, 0.2) is 5.38 Å². The Morgan fingerprint density at radius 2 is 2.22 bits per heavy atom. The van der Waals surface area contributed by atoms with Crippen LogP contribution in [0.4, 0.5) is 0 Å². The first kappa shape index (κ1) is 13.5. The van der Waals surface area contributed by atoms with Gasteiger partial charge in [-0.25, -0.2) is 4.98 Å². The molecule has 0 amide bonds. The molecule has 18 heavy (non-hydrogen) atoms. The molecule has 2 aromatic heterocycles. The van der Waals surface area contributed by atoms with E-state index in [1.807, 2.05) is 32.6 Å². The highest BCUT2D eigenvalue weighted by Gasteiger charge is 2.19. The number of rotatable bonds is 4. The van der Waals surface area contributed by atoms with E-state index >= 15 is 0 Å². The van der Waals surface area contributed by atoms with Gasteiger partial charge in [0.1, 0.15) is 0 Å². The van der Waals surface area contributed by atoms with E-state index in [1.54, 1.807) is 11.3 Å². The highest BCUT2D eigenvalue weighted by Crippen LogP contribution is 2.26. The number of hydrogen-bond donors (Lipinski definition) is 1. The third kappa shape index (κ3) is 2.58. The van der Waals surface area contributed by atoms with Gasteiger partial charge in [0.15, 0.2) is 0 Å². The van der Waals surface area contributed by atoms with Crippen LogP contribution in [0.3, 0.4) is 0 Å². The van der Waals surface area contributed by atoms with E-state index < -0.39 is 0 Å². The van der Waals surface area contributed by atoms with Gasteiger partial charge in [0.05, 0.1) is 33.2 Å². The van der Waals surface area contributed by atoms with Crippen molar-refractivity contribution in [3.8, 4) is 0 Å². The van der Waals surface area contributed by atoms with E-state index in [0.29, 0.717) is 0 Å². The van der Waals surface area contributed by atoms with Crippen molar-refractivity contribution in [1.29, 1.82) is 0 Å². The van der Waals surface area contributed by atoms with E-state index in [-0.39, 0.29) is 6.04 Å². The van der Waals surface area contributed by atoms with Crippen molar-refractivity contribution in [1.82, 2.24) is 20.1 Å². The van der Waals surface area contributed by atoms with E-state index in [1.165, 1.54) is 0 Å². The van der Waals surface area contributed by atoms with Gasteiger partial charge in [-0.15, -0.1) is 11.3 Å². The fourth-order valence-corrected chi connectivity index (χ4v) is 2.89. The minimum atomic E-state index is 0.169. The van der Waals surface area contributed by atoms with Gasteiger partial charge in [0.25, 0.3) is 0 Å². The Morgan fingerprint density at radius 3 is 2.67 bits per heavy atom. The maximum absolute atomic E-state index is 6.28. The molecular formula is C12H17ClN4S. The zero-order valence-electron chi connectivity index (χ0n) is 11.0. The standard InChI is InChI=1S/C12H17ClN4S/c1-7-12(13)11(17(4)16-7)5-9(14-3)10-6-18-8(2)15-10/h6,9,14H,5H2,1-4H3. The average Bonchev–Trinajstić information content (AvgIpc) is 2.84. The Bertz CT molecular complexity index is 546. The van der Waals surface area contributed by atoms with Crippen molar-refractivity contribution < 1.29 is 0 Å². The number of aromatic nitrogens is 3. The summed E-state index contributed by atoms with van der Waals surface area (Å²) < 4.78 is 1.85. The van der Waals surface area contributed by atoms with Gasteiger partial charge in [0.2, 0.25) is 0 Å². The minimum absolute atomic E-state index is 0.169. The first-order valence-electron chi connectivity index (χ1n) is 5.80. The summed E-state index contributed by atoms with van der Waals surface area (Å²) in [6.07, 6.45) is 0.788. The molecule has 6 heteroatoms. The van der Waals surface area contributed by atoms with Gasteiger partial charge >= 0.3 is 0 Å². The Balaban J connectivity index is 2.25. The summed E-state index contributed by atoms with van der Waals surface area (Å²) in [6, 6.07) is 0.169. The molecule has 0 fully saturated rings. The summed E-state index contributed by atoms with van der Waals surface area (Å²) in [5, 5.41) is 11.6. The lowest BCUT2D eigenvalue weighted by Crippen LogP contribution is -2.20. The molecule has 0 spiro atoms. The highest BCUT2D eigenvalue weighted by atomic mass is 35.5. The van der Waals surface area contributed by atoms with Crippen molar-refractivity contribution in [2.75, 3.05) is 7.05 Å². The van der Waals surface area contributed by atoms with Crippen LogP contribution in [-0.2, 0) is 13.5 Å². The second-order valence-corrected chi connectivity index (χ2v) is 5.75. The maximum Gasteiger partial charge on any atom is 0.0898 e. The zero-order chi connectivity index (χ0) is 13.3. The molecule has 2 rings (SSSR count). The van der Waals surface area contributed by atoms with Gasteiger partial charge in [-0.2, -0.15) is 5.10 Å². The molecule has 0 saturated carbocycles. The highest BCUT2D eigenvalue weighted by molar-refractivity contribution is 7.09. The molecule has 0 saturated heterocycles. The SMILES string of the molecule is CNC(Cc1c(Cl)c(C)nn1C)c1csc(C)n1. The molecule has 0 aliphatic rings. The summed E-state index contributed by atoms with van der Waals surface area (Å²) in [5.74, 6) is 0. The molecule has 1 unspecified atom stereocenters. The maximum atomic E-state index is 6.28. The molecular weight excluding hydrogens is 268 g/mol. The number of hydrogen-bond acceptors (Lipinski definition) is 4. The number of thiazole rings is 1. The van der Waals surface area contributed by atoms with Crippen LogP contribution in [0.1, 0.15) is 28.1 Å². The van der Waals surface area contributed by atoms with Crippen LogP contribution in [0.25, 0.3) is 0 Å². The lowest BCUT2D eigenvalue weighted by atomic mass is 10.1. The first-order valence-corrected chi connectivity index (χ1v) is 7.06. The van der Waals surface area contributed by atoms with Crippen LogP contribution in [0.2, 0.25) is 5.02 Å². The predicted molar refractivity (Wildman–Crippen MR) is 75.3 cm³/mol. The van der Waals surface area contributed by atoms with E-state index in [9.17, 15) is 0 Å². The number of halogens is 1. The molecule has 4 nitrogen and oxygen atoms in total. The first-order chi connectivity index (χ1) is 8.52. The Kier molecular flexibility index (Phi) is 4.04. The van der Waals surface area contributed by atoms with Crippen LogP contribution in [-0.4, -0.2) is 21.8 Å². The van der Waals surface area contributed by atoms with Crippen molar-refractivity contribution in [3.63, 3.8) is 0 Å². The van der Waals surface area contributed by atoms with Crippen LogP contribution < -0.4 is 5.32 Å². The van der Waals surface area contributed by atoms with Crippen LogP contribution in [0.5, 0.6) is 0 Å². The van der Waals surface area contributed by atoms with Gasteiger partial charge in [-0.1, -0.05) is 11.6 Å². The van der Waals surface area contributed by atoms with Gasteiger partial charge in [-0.3, -0.25) is 4.68 Å². The molecule has 0 aromatic carbocycles. The lowest BCUT2D eigenvalue weighted by molar-refractivity contribution is 0.551. The van der Waals surface area contributed by atoms with E-state index in [0.717, 1.165) is 33.5 Å². The third-order valence-corrected chi connectivity index (χ3v) is 4.28.